The molecule has 0 spiro atoms. The second kappa shape index (κ2) is 6.65. The van der Waals surface area contributed by atoms with Crippen molar-refractivity contribution < 1.29 is 4.55 Å². The van der Waals surface area contributed by atoms with E-state index in [9.17, 15) is 4.55 Å². The Morgan fingerprint density at radius 3 is 1.95 bits per heavy atom. The van der Waals surface area contributed by atoms with Crippen molar-refractivity contribution in [2.45, 2.75) is 38.5 Å². The lowest BCUT2D eigenvalue weighted by Gasteiger charge is -2.26. The summed E-state index contributed by atoms with van der Waals surface area (Å²) in [5.74, 6) is 0. The maximum atomic E-state index is 12.1. The topological polar surface area (TPSA) is 35.1 Å². The van der Waals surface area contributed by atoms with Crippen molar-refractivity contribution in [3.8, 4) is 11.1 Å². The lowest BCUT2D eigenvalue weighted by Crippen LogP contribution is -2.40. The molecule has 2 rings (SSSR count). The lowest BCUT2D eigenvalue weighted by molar-refractivity contribution is 0.531. The minimum Gasteiger partial charge on any atom is -0.598 e. The van der Waals surface area contributed by atoms with E-state index in [1.54, 1.807) is 0 Å². The Balaban J connectivity index is 2.09. The Kier molecular flexibility index (Phi) is 5.09. The van der Waals surface area contributed by atoms with Crippen molar-refractivity contribution in [2.24, 2.45) is 0 Å². The average Bonchev–Trinajstić information content (AvgIpc) is 2.47. The Labute approximate surface area is 130 Å². The molecule has 3 heteroatoms. The maximum absolute atomic E-state index is 12.1. The zero-order valence-corrected chi connectivity index (χ0v) is 13.9. The lowest BCUT2D eigenvalue weighted by atomic mass is 10.0. The van der Waals surface area contributed by atoms with Crippen molar-refractivity contribution in [1.82, 2.24) is 4.72 Å². The number of nitrogens with one attached hydrogen (secondary N) is 1. The zero-order valence-electron chi connectivity index (χ0n) is 13.1. The molecular weight excluding hydrogens is 278 g/mol. The molecule has 0 radical (unpaired) electrons. The van der Waals surface area contributed by atoms with Crippen LogP contribution >= 0.6 is 0 Å². The molecule has 2 atom stereocenters. The van der Waals surface area contributed by atoms with Gasteiger partial charge < -0.3 is 4.55 Å². The van der Waals surface area contributed by atoms with Gasteiger partial charge in [0.25, 0.3) is 0 Å². The first-order valence-corrected chi connectivity index (χ1v) is 8.36. The number of rotatable bonds is 4. The van der Waals surface area contributed by atoms with E-state index in [0.29, 0.717) is 0 Å². The summed E-state index contributed by atoms with van der Waals surface area (Å²) >= 11 is -1.06. The Hall–Kier alpha value is -1.29. The van der Waals surface area contributed by atoms with Crippen LogP contribution in [-0.4, -0.2) is 9.30 Å². The van der Waals surface area contributed by atoms with Gasteiger partial charge in [0.2, 0.25) is 0 Å². The maximum Gasteiger partial charge on any atom is 0.136 e. The fourth-order valence-corrected chi connectivity index (χ4v) is 2.81. The third kappa shape index (κ3) is 4.34. The fraction of sp³-hybridized carbons (Fsp3) is 0.333. The van der Waals surface area contributed by atoms with Gasteiger partial charge in [0.15, 0.2) is 0 Å². The second-order valence-corrected chi connectivity index (χ2v) is 8.21. The van der Waals surface area contributed by atoms with E-state index in [-0.39, 0.29) is 10.8 Å². The van der Waals surface area contributed by atoms with Crippen LogP contribution in [0.5, 0.6) is 0 Å². The third-order valence-electron chi connectivity index (χ3n) is 3.36. The van der Waals surface area contributed by atoms with Crippen LogP contribution in [0, 0.1) is 0 Å². The van der Waals surface area contributed by atoms with E-state index in [2.05, 4.69) is 41.1 Å². The molecule has 0 saturated carbocycles. The van der Waals surface area contributed by atoms with Crippen LogP contribution in [0.25, 0.3) is 11.1 Å². The first kappa shape index (κ1) is 16.1. The Bertz CT molecular complexity index is 560. The molecule has 0 bridgehead atoms. The van der Waals surface area contributed by atoms with E-state index < -0.39 is 11.4 Å². The molecule has 0 amide bonds. The molecule has 0 fully saturated rings. The molecule has 1 N–H and O–H groups in total. The summed E-state index contributed by atoms with van der Waals surface area (Å²) in [6, 6.07) is 18.8. The average molecular weight is 301 g/mol. The van der Waals surface area contributed by atoms with Crippen LogP contribution in [0.3, 0.4) is 0 Å². The van der Waals surface area contributed by atoms with Crippen molar-refractivity contribution in [2.75, 3.05) is 0 Å². The molecule has 2 aromatic carbocycles. The highest BCUT2D eigenvalue weighted by atomic mass is 32.2. The summed E-state index contributed by atoms with van der Waals surface area (Å²) in [7, 11) is 0. The molecule has 2 aromatic rings. The molecule has 2 nitrogen and oxygen atoms in total. The van der Waals surface area contributed by atoms with Gasteiger partial charge in [-0.25, -0.2) is 0 Å². The van der Waals surface area contributed by atoms with Gasteiger partial charge in [0.1, 0.15) is 4.75 Å². The normalized spacial score (nSPS) is 14.7. The SMILES string of the molecule is CC(N[S@@+]([O-])C(C)(C)C)c1ccc(-c2ccccc2)cc1. The van der Waals surface area contributed by atoms with E-state index in [4.69, 9.17) is 0 Å². The molecule has 0 aliphatic carbocycles. The van der Waals surface area contributed by atoms with Gasteiger partial charge in [-0.3, -0.25) is 0 Å². The monoisotopic (exact) mass is 301 g/mol. The zero-order chi connectivity index (χ0) is 15.5. The Morgan fingerprint density at radius 2 is 1.43 bits per heavy atom. The summed E-state index contributed by atoms with van der Waals surface area (Å²) in [6.07, 6.45) is 0. The summed E-state index contributed by atoms with van der Waals surface area (Å²) in [4.78, 5) is 0. The molecule has 0 heterocycles. The van der Waals surface area contributed by atoms with E-state index >= 15 is 0 Å². The van der Waals surface area contributed by atoms with Crippen LogP contribution in [0.2, 0.25) is 0 Å². The molecule has 21 heavy (non-hydrogen) atoms. The minimum absolute atomic E-state index is 0.0647. The van der Waals surface area contributed by atoms with Gasteiger partial charge in [-0.15, -0.1) is 4.72 Å². The van der Waals surface area contributed by atoms with Crippen LogP contribution in [0.15, 0.2) is 54.6 Å². The first-order valence-electron chi connectivity index (χ1n) is 7.21. The highest BCUT2D eigenvalue weighted by Crippen LogP contribution is 2.23. The standard InChI is InChI=1S/C18H23NOS/c1-14(19-21(20)18(2,3)4)15-10-12-17(13-11-15)16-8-6-5-7-9-16/h5-14,19H,1-4H3/t14?,21-/m0/s1. The van der Waals surface area contributed by atoms with Crippen molar-refractivity contribution in [3.05, 3.63) is 60.2 Å². The van der Waals surface area contributed by atoms with Gasteiger partial charge in [-0.1, -0.05) is 54.6 Å². The molecule has 0 aliphatic heterocycles. The predicted octanol–water partition coefficient (Wildman–Crippen LogP) is 4.47. The van der Waals surface area contributed by atoms with Crippen molar-refractivity contribution >= 4 is 11.4 Å². The molecule has 0 aliphatic rings. The fourth-order valence-electron chi connectivity index (χ4n) is 2.00. The van der Waals surface area contributed by atoms with Gasteiger partial charge in [0.05, 0.1) is 6.04 Å². The molecule has 0 aromatic heterocycles. The van der Waals surface area contributed by atoms with Gasteiger partial charge in [-0.2, -0.15) is 0 Å². The van der Waals surface area contributed by atoms with Crippen LogP contribution in [0.1, 0.15) is 39.3 Å². The van der Waals surface area contributed by atoms with Crippen LogP contribution in [0.4, 0.5) is 0 Å². The van der Waals surface area contributed by atoms with Crippen LogP contribution < -0.4 is 4.72 Å². The highest BCUT2D eigenvalue weighted by Gasteiger charge is 2.28. The minimum atomic E-state index is -1.06. The largest absolute Gasteiger partial charge is 0.598 e. The van der Waals surface area contributed by atoms with Crippen molar-refractivity contribution in [1.29, 1.82) is 0 Å². The molecule has 112 valence electrons. The summed E-state index contributed by atoms with van der Waals surface area (Å²) in [6.45, 7) is 7.96. The molecule has 0 saturated heterocycles. The van der Waals surface area contributed by atoms with Gasteiger partial charge >= 0.3 is 0 Å². The number of hydrogen-bond donors (Lipinski definition) is 1. The highest BCUT2D eigenvalue weighted by molar-refractivity contribution is 7.90. The van der Waals surface area contributed by atoms with Crippen LogP contribution in [-0.2, 0) is 11.4 Å². The first-order chi connectivity index (χ1) is 9.88. The summed E-state index contributed by atoms with van der Waals surface area (Å²) < 4.78 is 15.1. The Morgan fingerprint density at radius 1 is 0.905 bits per heavy atom. The third-order valence-corrected chi connectivity index (χ3v) is 5.04. The molecule has 1 unspecified atom stereocenters. The summed E-state index contributed by atoms with van der Waals surface area (Å²) in [5.41, 5.74) is 3.55. The van der Waals surface area contributed by atoms with Gasteiger partial charge in [0, 0.05) is 11.4 Å². The smallest absolute Gasteiger partial charge is 0.136 e. The van der Waals surface area contributed by atoms with E-state index in [1.165, 1.54) is 11.1 Å². The summed E-state index contributed by atoms with van der Waals surface area (Å²) in [5, 5.41) is 0. The van der Waals surface area contributed by atoms with Crippen molar-refractivity contribution in [3.63, 3.8) is 0 Å². The molecular formula is C18H23NOS. The van der Waals surface area contributed by atoms with E-state index in [1.807, 2.05) is 45.9 Å². The second-order valence-electron chi connectivity index (χ2n) is 6.21. The number of benzene rings is 2. The van der Waals surface area contributed by atoms with Gasteiger partial charge in [-0.05, 0) is 44.4 Å². The number of hydrogen-bond acceptors (Lipinski definition) is 2. The van der Waals surface area contributed by atoms with E-state index in [0.717, 1.165) is 5.56 Å². The quantitative estimate of drug-likeness (QED) is 0.846. The predicted molar refractivity (Wildman–Crippen MR) is 91.3 cm³/mol.